The number of carbonyl (C=O) groups excluding carboxylic acids is 2. The Bertz CT molecular complexity index is 620. The predicted molar refractivity (Wildman–Crippen MR) is 85.3 cm³/mol. The highest BCUT2D eigenvalue weighted by Gasteiger charge is 2.30. The van der Waals surface area contributed by atoms with E-state index in [2.05, 4.69) is 19.2 Å². The minimum Gasteiger partial charge on any atom is -0.449 e. The lowest BCUT2D eigenvalue weighted by Crippen LogP contribution is -2.47. The molecule has 4 nitrogen and oxygen atoms in total. The molecule has 0 radical (unpaired) electrons. The topological polar surface area (TPSA) is 55.4 Å². The third-order valence-electron chi connectivity index (χ3n) is 4.84. The third-order valence-corrected chi connectivity index (χ3v) is 4.84. The summed E-state index contributed by atoms with van der Waals surface area (Å²) in [6, 6.07) is 2.62. The van der Waals surface area contributed by atoms with Gasteiger partial charge in [0, 0.05) is 12.1 Å². The summed E-state index contributed by atoms with van der Waals surface area (Å²) in [5.74, 6) is -2.31. The van der Waals surface area contributed by atoms with E-state index in [-0.39, 0.29) is 6.04 Å². The first-order valence-electron chi connectivity index (χ1n) is 8.26. The van der Waals surface area contributed by atoms with Gasteiger partial charge in [0.25, 0.3) is 5.91 Å². The van der Waals surface area contributed by atoms with E-state index in [1.807, 2.05) is 0 Å². The largest absolute Gasteiger partial charge is 0.449 e. The zero-order valence-electron chi connectivity index (χ0n) is 14.1. The van der Waals surface area contributed by atoms with Crippen LogP contribution in [0.1, 0.15) is 50.4 Å². The summed E-state index contributed by atoms with van der Waals surface area (Å²) in [5.41, 5.74) is -0.393. The van der Waals surface area contributed by atoms with Crippen LogP contribution in [0.3, 0.4) is 0 Å². The molecular weight excluding hydrogens is 316 g/mol. The molecule has 0 aliphatic heterocycles. The van der Waals surface area contributed by atoms with Gasteiger partial charge in [-0.25, -0.2) is 13.6 Å². The summed E-state index contributed by atoms with van der Waals surface area (Å²) in [6.07, 6.45) is 2.03. The van der Waals surface area contributed by atoms with Crippen LogP contribution in [0.15, 0.2) is 18.2 Å². The molecule has 0 spiro atoms. The first-order valence-corrected chi connectivity index (χ1v) is 8.26. The molecule has 1 aromatic rings. The molecule has 132 valence electrons. The highest BCUT2D eigenvalue weighted by atomic mass is 19.1. The fourth-order valence-corrected chi connectivity index (χ4v) is 3.02. The number of hydrogen-bond donors (Lipinski definition) is 1. The maximum absolute atomic E-state index is 13.6. The Morgan fingerprint density at radius 3 is 2.62 bits per heavy atom. The second-order valence-corrected chi connectivity index (χ2v) is 6.55. The van der Waals surface area contributed by atoms with Crippen LogP contribution in [-0.2, 0) is 9.53 Å². The fourth-order valence-electron chi connectivity index (χ4n) is 3.02. The van der Waals surface area contributed by atoms with Crippen molar-refractivity contribution in [2.24, 2.45) is 11.8 Å². The lowest BCUT2D eigenvalue weighted by Gasteiger charge is -2.35. The minimum atomic E-state index is -1.05. The maximum Gasteiger partial charge on any atom is 0.341 e. The van der Waals surface area contributed by atoms with Crippen LogP contribution in [0, 0.1) is 23.5 Å². The molecule has 1 saturated carbocycles. The van der Waals surface area contributed by atoms with Crippen LogP contribution in [0.25, 0.3) is 0 Å². The molecule has 0 unspecified atom stereocenters. The van der Waals surface area contributed by atoms with Gasteiger partial charge in [-0.1, -0.05) is 26.7 Å². The van der Waals surface area contributed by atoms with Crippen LogP contribution in [-0.4, -0.2) is 24.0 Å². The van der Waals surface area contributed by atoms with E-state index in [9.17, 15) is 18.4 Å². The molecule has 6 heteroatoms. The normalized spacial score (nSPS) is 25.0. The molecule has 1 N–H and O–H groups in total. The second kappa shape index (κ2) is 7.73. The van der Waals surface area contributed by atoms with E-state index >= 15 is 0 Å². The smallest absolute Gasteiger partial charge is 0.341 e. The fraction of sp³-hybridized carbons (Fsp3) is 0.556. The lowest BCUT2D eigenvalue weighted by atomic mass is 9.78. The Kier molecular flexibility index (Phi) is 5.91. The molecule has 24 heavy (non-hydrogen) atoms. The molecule has 1 aliphatic carbocycles. The summed E-state index contributed by atoms with van der Waals surface area (Å²) < 4.78 is 31.5. The van der Waals surface area contributed by atoms with Crippen LogP contribution in [0.4, 0.5) is 8.78 Å². The summed E-state index contributed by atoms with van der Waals surface area (Å²) in [7, 11) is 0. The zero-order chi connectivity index (χ0) is 17.9. The van der Waals surface area contributed by atoms with Gasteiger partial charge in [-0.15, -0.1) is 0 Å². The SMILES string of the molecule is C[C@@H]1[C@@H](C)CCC[C@H]1NC(=O)[C@@H](C)OC(=O)c1ccc(F)cc1F. The number of amides is 1. The minimum absolute atomic E-state index is 0.0463. The molecule has 0 saturated heterocycles. The van der Waals surface area contributed by atoms with E-state index in [1.54, 1.807) is 0 Å². The van der Waals surface area contributed by atoms with E-state index in [4.69, 9.17) is 4.74 Å². The Balaban J connectivity index is 1.94. The van der Waals surface area contributed by atoms with E-state index < -0.39 is 35.2 Å². The third kappa shape index (κ3) is 4.30. The summed E-state index contributed by atoms with van der Waals surface area (Å²) >= 11 is 0. The lowest BCUT2D eigenvalue weighted by molar-refractivity contribution is -0.130. The van der Waals surface area contributed by atoms with Gasteiger partial charge in [0.1, 0.15) is 11.6 Å². The number of hydrogen-bond acceptors (Lipinski definition) is 3. The molecule has 4 atom stereocenters. The molecule has 0 bridgehead atoms. The van der Waals surface area contributed by atoms with Crippen molar-refractivity contribution in [2.75, 3.05) is 0 Å². The van der Waals surface area contributed by atoms with Crippen molar-refractivity contribution in [3.63, 3.8) is 0 Å². The average molecular weight is 339 g/mol. The molecule has 0 aromatic heterocycles. The predicted octanol–water partition coefficient (Wildman–Crippen LogP) is 3.45. The number of ether oxygens (including phenoxy) is 1. The van der Waals surface area contributed by atoms with Crippen molar-refractivity contribution in [1.29, 1.82) is 0 Å². The molecule has 1 aromatic carbocycles. The second-order valence-electron chi connectivity index (χ2n) is 6.55. The van der Waals surface area contributed by atoms with E-state index in [1.165, 1.54) is 6.92 Å². The summed E-state index contributed by atoms with van der Waals surface area (Å²) in [5, 5.41) is 2.91. The van der Waals surface area contributed by atoms with Crippen molar-refractivity contribution < 1.29 is 23.1 Å². The van der Waals surface area contributed by atoms with Gasteiger partial charge in [-0.3, -0.25) is 4.79 Å². The molecule has 0 heterocycles. The molecule has 1 fully saturated rings. The highest BCUT2D eigenvalue weighted by molar-refractivity contribution is 5.92. The van der Waals surface area contributed by atoms with Gasteiger partial charge in [0.15, 0.2) is 6.10 Å². The average Bonchev–Trinajstić information content (AvgIpc) is 2.51. The van der Waals surface area contributed by atoms with Gasteiger partial charge in [-0.05, 0) is 37.3 Å². The van der Waals surface area contributed by atoms with Gasteiger partial charge < -0.3 is 10.1 Å². The number of nitrogens with one attached hydrogen (secondary N) is 1. The standard InChI is InChI=1S/C18H23F2NO3/c1-10-5-4-6-16(11(10)2)21-17(22)12(3)24-18(23)14-8-7-13(19)9-15(14)20/h7-12,16H,4-6H2,1-3H3,(H,21,22)/t10-,11+,12+,16+/m0/s1. The van der Waals surface area contributed by atoms with Crippen molar-refractivity contribution in [3.8, 4) is 0 Å². The zero-order valence-corrected chi connectivity index (χ0v) is 14.1. The Labute approximate surface area is 140 Å². The Morgan fingerprint density at radius 2 is 1.96 bits per heavy atom. The quantitative estimate of drug-likeness (QED) is 0.855. The number of carbonyl (C=O) groups is 2. The summed E-state index contributed by atoms with van der Waals surface area (Å²) in [4.78, 5) is 24.2. The number of benzene rings is 1. The summed E-state index contributed by atoms with van der Waals surface area (Å²) in [6.45, 7) is 5.69. The maximum atomic E-state index is 13.6. The molecule has 1 aliphatic rings. The molecule has 2 rings (SSSR count). The van der Waals surface area contributed by atoms with Crippen molar-refractivity contribution in [1.82, 2.24) is 5.32 Å². The van der Waals surface area contributed by atoms with E-state index in [0.717, 1.165) is 31.4 Å². The molecular formula is C18H23F2NO3. The van der Waals surface area contributed by atoms with Gasteiger partial charge in [0.05, 0.1) is 5.56 Å². The van der Waals surface area contributed by atoms with Crippen molar-refractivity contribution in [2.45, 2.75) is 52.2 Å². The van der Waals surface area contributed by atoms with Gasteiger partial charge in [0.2, 0.25) is 0 Å². The van der Waals surface area contributed by atoms with Crippen LogP contribution in [0.2, 0.25) is 0 Å². The van der Waals surface area contributed by atoms with E-state index in [0.29, 0.717) is 17.9 Å². The van der Waals surface area contributed by atoms with Crippen molar-refractivity contribution >= 4 is 11.9 Å². The first kappa shape index (κ1) is 18.4. The van der Waals surface area contributed by atoms with Crippen LogP contribution < -0.4 is 5.32 Å². The van der Waals surface area contributed by atoms with Gasteiger partial charge in [-0.2, -0.15) is 0 Å². The monoisotopic (exact) mass is 339 g/mol. The first-order chi connectivity index (χ1) is 11.3. The number of rotatable bonds is 4. The van der Waals surface area contributed by atoms with Gasteiger partial charge >= 0.3 is 5.97 Å². The van der Waals surface area contributed by atoms with Crippen molar-refractivity contribution in [3.05, 3.63) is 35.4 Å². The van der Waals surface area contributed by atoms with Crippen LogP contribution >= 0.6 is 0 Å². The highest BCUT2D eigenvalue weighted by Crippen LogP contribution is 2.29. The Morgan fingerprint density at radius 1 is 1.25 bits per heavy atom. The number of esters is 1. The van der Waals surface area contributed by atoms with Crippen LogP contribution in [0.5, 0.6) is 0 Å². The Hall–Kier alpha value is -1.98. The molecule has 1 amide bonds. The number of halogens is 2.